The maximum Gasteiger partial charge on any atom is 0.336 e. The van der Waals surface area contributed by atoms with Crippen LogP contribution >= 0.6 is 0 Å². The number of hydrogen-bond acceptors (Lipinski definition) is 2. The number of hydrogen-bond donors (Lipinski definition) is 2. The van der Waals surface area contributed by atoms with Gasteiger partial charge in [0.2, 0.25) is 5.91 Å². The Balaban J connectivity index is 2.70. The molecule has 0 fully saturated rings. The zero-order valence-corrected chi connectivity index (χ0v) is 9.46. The first kappa shape index (κ1) is 11.9. The Bertz CT molecular complexity index is 564. The van der Waals surface area contributed by atoms with Gasteiger partial charge in [-0.05, 0) is 23.3 Å². The van der Waals surface area contributed by atoms with Crippen molar-refractivity contribution in [2.24, 2.45) is 5.73 Å². The summed E-state index contributed by atoms with van der Waals surface area (Å²) in [5.41, 5.74) is 6.76. The van der Waals surface area contributed by atoms with E-state index < -0.39 is 11.9 Å². The van der Waals surface area contributed by atoms with Crippen molar-refractivity contribution in [2.45, 2.75) is 0 Å². The zero-order chi connectivity index (χ0) is 13.1. The Morgan fingerprint density at radius 2 is 1.28 bits per heavy atom. The molecule has 0 saturated heterocycles. The minimum atomic E-state index is -1.04. The van der Waals surface area contributed by atoms with Gasteiger partial charge in [-0.3, -0.25) is 4.79 Å². The number of rotatable bonds is 3. The maximum absolute atomic E-state index is 11.4. The quantitative estimate of drug-likeness (QED) is 0.863. The van der Waals surface area contributed by atoms with Gasteiger partial charge in [-0.15, -0.1) is 0 Å². The zero-order valence-electron chi connectivity index (χ0n) is 9.46. The lowest BCUT2D eigenvalue weighted by Gasteiger charge is -2.09. The molecule has 1 amide bonds. The SMILES string of the molecule is NC(=O)c1ccccc1-c1ccccc1C(=O)O. The predicted molar refractivity (Wildman–Crippen MR) is 67.4 cm³/mol. The van der Waals surface area contributed by atoms with Gasteiger partial charge < -0.3 is 10.8 Å². The smallest absolute Gasteiger partial charge is 0.336 e. The fraction of sp³-hybridized carbons (Fsp3) is 0. The van der Waals surface area contributed by atoms with Gasteiger partial charge in [0.25, 0.3) is 0 Å². The predicted octanol–water partition coefficient (Wildman–Crippen LogP) is 2.15. The van der Waals surface area contributed by atoms with Crippen molar-refractivity contribution < 1.29 is 14.7 Å². The van der Waals surface area contributed by atoms with Gasteiger partial charge in [-0.25, -0.2) is 4.79 Å². The molecule has 2 aromatic rings. The molecule has 0 unspecified atom stereocenters. The first-order valence-corrected chi connectivity index (χ1v) is 5.33. The number of carbonyl (C=O) groups is 2. The average molecular weight is 241 g/mol. The largest absolute Gasteiger partial charge is 0.478 e. The Kier molecular flexibility index (Phi) is 3.10. The molecule has 0 aliphatic rings. The van der Waals surface area contributed by atoms with Gasteiger partial charge in [0.05, 0.1) is 5.56 Å². The summed E-state index contributed by atoms with van der Waals surface area (Å²) in [6, 6.07) is 13.2. The highest BCUT2D eigenvalue weighted by Crippen LogP contribution is 2.26. The maximum atomic E-state index is 11.4. The van der Waals surface area contributed by atoms with Crippen molar-refractivity contribution in [3.63, 3.8) is 0 Å². The van der Waals surface area contributed by atoms with Crippen LogP contribution < -0.4 is 5.73 Å². The number of carboxylic acids is 1. The topological polar surface area (TPSA) is 80.4 Å². The highest BCUT2D eigenvalue weighted by Gasteiger charge is 2.15. The van der Waals surface area contributed by atoms with Crippen LogP contribution in [-0.4, -0.2) is 17.0 Å². The fourth-order valence-electron chi connectivity index (χ4n) is 1.84. The lowest BCUT2D eigenvalue weighted by Crippen LogP contribution is -2.13. The highest BCUT2D eigenvalue weighted by atomic mass is 16.4. The summed E-state index contributed by atoms with van der Waals surface area (Å²) in [4.78, 5) is 22.5. The van der Waals surface area contributed by atoms with E-state index in [1.54, 1.807) is 42.5 Å². The van der Waals surface area contributed by atoms with Crippen LogP contribution in [-0.2, 0) is 0 Å². The molecule has 2 rings (SSSR count). The molecule has 0 atom stereocenters. The molecule has 3 N–H and O–H groups in total. The van der Waals surface area contributed by atoms with Crippen LogP contribution in [0.2, 0.25) is 0 Å². The standard InChI is InChI=1S/C14H11NO3/c15-13(16)11-7-3-1-5-9(11)10-6-2-4-8-12(10)14(17)18/h1-8H,(H2,15,16)(H,17,18). The lowest BCUT2D eigenvalue weighted by molar-refractivity contribution is 0.0697. The van der Waals surface area contributed by atoms with E-state index in [1.165, 1.54) is 6.07 Å². The number of nitrogens with two attached hydrogens (primary N) is 1. The molecule has 4 heteroatoms. The van der Waals surface area contributed by atoms with E-state index in [9.17, 15) is 9.59 Å². The monoisotopic (exact) mass is 241 g/mol. The molecule has 2 aromatic carbocycles. The van der Waals surface area contributed by atoms with E-state index in [2.05, 4.69) is 0 Å². The Labute approximate surface area is 104 Å². The molecule has 0 aromatic heterocycles. The second-order valence-electron chi connectivity index (χ2n) is 3.76. The molecule has 4 nitrogen and oxygen atoms in total. The van der Waals surface area contributed by atoms with Crippen molar-refractivity contribution in [1.29, 1.82) is 0 Å². The second kappa shape index (κ2) is 4.71. The third-order valence-corrected chi connectivity index (χ3v) is 2.64. The summed E-state index contributed by atoms with van der Waals surface area (Å²) in [5.74, 6) is -1.62. The van der Waals surface area contributed by atoms with Crippen LogP contribution in [0.4, 0.5) is 0 Å². The van der Waals surface area contributed by atoms with Gasteiger partial charge in [0, 0.05) is 5.56 Å². The van der Waals surface area contributed by atoms with E-state index >= 15 is 0 Å². The Morgan fingerprint density at radius 3 is 1.78 bits per heavy atom. The van der Waals surface area contributed by atoms with Crippen LogP contribution in [0.1, 0.15) is 20.7 Å². The van der Waals surface area contributed by atoms with Gasteiger partial charge in [-0.2, -0.15) is 0 Å². The molecule has 0 bridgehead atoms. The summed E-state index contributed by atoms with van der Waals surface area (Å²) in [7, 11) is 0. The number of carbonyl (C=O) groups excluding carboxylic acids is 1. The minimum Gasteiger partial charge on any atom is -0.478 e. The number of carboxylic acid groups (broad SMARTS) is 1. The average Bonchev–Trinajstić information content (AvgIpc) is 2.38. The molecule has 0 radical (unpaired) electrons. The third kappa shape index (κ3) is 2.08. The minimum absolute atomic E-state index is 0.145. The summed E-state index contributed by atoms with van der Waals surface area (Å²) in [6.07, 6.45) is 0. The molecular formula is C14H11NO3. The summed E-state index contributed by atoms with van der Waals surface area (Å²) in [6.45, 7) is 0. The van der Waals surface area contributed by atoms with E-state index in [4.69, 9.17) is 10.8 Å². The van der Waals surface area contributed by atoms with E-state index in [-0.39, 0.29) is 5.56 Å². The van der Waals surface area contributed by atoms with Crippen LogP contribution in [0.3, 0.4) is 0 Å². The second-order valence-corrected chi connectivity index (χ2v) is 3.76. The molecule has 90 valence electrons. The summed E-state index contributed by atoms with van der Waals surface area (Å²) in [5, 5.41) is 9.14. The van der Waals surface area contributed by atoms with E-state index in [1.807, 2.05) is 0 Å². The molecule has 0 spiro atoms. The normalized spacial score (nSPS) is 10.0. The first-order chi connectivity index (χ1) is 8.61. The van der Waals surface area contributed by atoms with E-state index in [0.717, 1.165) is 0 Å². The number of aromatic carboxylic acids is 1. The van der Waals surface area contributed by atoms with Crippen LogP contribution in [0.5, 0.6) is 0 Å². The third-order valence-electron chi connectivity index (χ3n) is 2.64. The van der Waals surface area contributed by atoms with Crippen molar-refractivity contribution in [2.75, 3.05) is 0 Å². The summed E-state index contributed by atoms with van der Waals surface area (Å²) >= 11 is 0. The van der Waals surface area contributed by atoms with Gasteiger partial charge >= 0.3 is 5.97 Å². The summed E-state index contributed by atoms with van der Waals surface area (Å²) < 4.78 is 0. The lowest BCUT2D eigenvalue weighted by atomic mass is 9.95. The van der Waals surface area contributed by atoms with Crippen LogP contribution in [0.15, 0.2) is 48.5 Å². The molecule has 18 heavy (non-hydrogen) atoms. The number of primary amides is 1. The van der Waals surface area contributed by atoms with Crippen LogP contribution in [0.25, 0.3) is 11.1 Å². The molecule has 0 heterocycles. The van der Waals surface area contributed by atoms with Gasteiger partial charge in [0.15, 0.2) is 0 Å². The van der Waals surface area contributed by atoms with Crippen molar-refractivity contribution in [3.05, 3.63) is 59.7 Å². The van der Waals surface area contributed by atoms with Crippen molar-refractivity contribution in [1.82, 2.24) is 0 Å². The molecule has 0 aliphatic heterocycles. The molecular weight excluding hydrogens is 230 g/mol. The number of amides is 1. The van der Waals surface area contributed by atoms with Gasteiger partial charge in [0.1, 0.15) is 0 Å². The molecule has 0 aliphatic carbocycles. The molecule has 0 saturated carbocycles. The Morgan fingerprint density at radius 1 is 0.833 bits per heavy atom. The van der Waals surface area contributed by atoms with Crippen molar-refractivity contribution in [3.8, 4) is 11.1 Å². The van der Waals surface area contributed by atoms with E-state index in [0.29, 0.717) is 16.7 Å². The fourth-order valence-corrected chi connectivity index (χ4v) is 1.84. The van der Waals surface area contributed by atoms with Gasteiger partial charge in [-0.1, -0.05) is 36.4 Å². The highest BCUT2D eigenvalue weighted by molar-refractivity contribution is 6.03. The first-order valence-electron chi connectivity index (χ1n) is 5.33. The number of benzene rings is 2. The Hall–Kier alpha value is -2.62. The van der Waals surface area contributed by atoms with Crippen molar-refractivity contribution >= 4 is 11.9 Å². The van der Waals surface area contributed by atoms with Crippen LogP contribution in [0, 0.1) is 0 Å².